The first-order valence-corrected chi connectivity index (χ1v) is 19.1. The molecule has 3 aromatic carbocycles. The summed E-state index contributed by atoms with van der Waals surface area (Å²) in [5.74, 6) is -0.812. The summed E-state index contributed by atoms with van der Waals surface area (Å²) in [6.07, 6.45) is 14.1. The molecule has 0 bridgehead atoms. The normalized spacial score (nSPS) is 17.0. The van der Waals surface area contributed by atoms with Crippen molar-refractivity contribution in [3.05, 3.63) is 129 Å². The van der Waals surface area contributed by atoms with Crippen molar-refractivity contribution in [3.63, 3.8) is 0 Å². The quantitative estimate of drug-likeness (QED) is 0.0396. The number of fused-ring (bicyclic) bond motifs is 2. The number of allylic oxidation sites excluding steroid dienone is 6. The summed E-state index contributed by atoms with van der Waals surface area (Å²) in [4.78, 5) is 23.9. The van der Waals surface area contributed by atoms with Gasteiger partial charge in [0.15, 0.2) is 5.71 Å². The van der Waals surface area contributed by atoms with Crippen LogP contribution in [0.25, 0.3) is 0 Å². The van der Waals surface area contributed by atoms with Gasteiger partial charge < -0.3 is 10.0 Å². The van der Waals surface area contributed by atoms with Crippen molar-refractivity contribution < 1.29 is 32.4 Å². The summed E-state index contributed by atoms with van der Waals surface area (Å²) in [6, 6.07) is 18.0. The number of benzene rings is 3. The maximum Gasteiger partial charge on any atom is 0.303 e. The lowest BCUT2D eigenvalue weighted by Crippen LogP contribution is -2.28. The lowest BCUT2D eigenvalue weighted by molar-refractivity contribution is -0.438. The topological polar surface area (TPSA) is 141 Å². The molecule has 11 heteroatoms. The number of anilines is 1. The maximum absolute atomic E-state index is 12.0. The van der Waals surface area contributed by atoms with Crippen LogP contribution in [0.1, 0.15) is 82.1 Å². The molecule has 0 aromatic heterocycles. The molecule has 0 radical (unpaired) electrons. The molecule has 2 aliphatic rings. The van der Waals surface area contributed by atoms with E-state index in [1.54, 1.807) is 24.3 Å². The van der Waals surface area contributed by atoms with Crippen LogP contribution in [0.3, 0.4) is 0 Å². The smallest absolute Gasteiger partial charge is 0.303 e. The Morgan fingerprint density at radius 3 is 2.31 bits per heavy atom. The number of hydrogen-bond donors (Lipinski definition) is 2. The zero-order valence-corrected chi connectivity index (χ0v) is 31.3. The van der Waals surface area contributed by atoms with Gasteiger partial charge in [-0.3, -0.25) is 19.5 Å². The fraction of sp³-hybridized carbons (Fsp3) is 0.366. The standard InChI is InChI=1S/C41H47N3O7S/c1-29-17-23-35-33(27-29)40(2,3)37(43(35)26-12-13-30-18-20-31(21-19-30)44(47)48)14-8-6-9-15-38-41(4,5)34-28-32(52(49,50)51)22-24-36(34)42(38)25-11-7-10-16-39(45)46/h6,8-9,14-15,17-24,27-28H,7,10-13,16,25-26H2,1-5H3,(H-,45,46,49,50,51)/p+1. The second-order valence-corrected chi connectivity index (χ2v) is 16.1. The Balaban J connectivity index is 1.40. The van der Waals surface area contributed by atoms with E-state index < -0.39 is 21.5 Å². The highest BCUT2D eigenvalue weighted by molar-refractivity contribution is 7.85. The number of non-ortho nitro benzene ring substituents is 1. The molecule has 0 saturated carbocycles. The molecule has 2 heterocycles. The minimum atomic E-state index is -4.38. The molecule has 2 N–H and O–H groups in total. The molecule has 3 aromatic rings. The van der Waals surface area contributed by atoms with Crippen LogP contribution in [0.2, 0.25) is 0 Å². The summed E-state index contributed by atoms with van der Waals surface area (Å²) in [5.41, 5.74) is 7.79. The zero-order chi connectivity index (χ0) is 37.8. The van der Waals surface area contributed by atoms with Gasteiger partial charge in [0.1, 0.15) is 6.54 Å². The molecule has 0 amide bonds. The SMILES string of the molecule is Cc1ccc2c(c1)C(C)(C)C(=CC=CC=CC1=[N+](CCCCCC(=O)O)c3ccc(S(=O)(=O)O)cc3C1(C)C)N2CCCc1ccc([N+](=O)[O-])cc1. The zero-order valence-electron chi connectivity index (χ0n) is 30.5. The molecule has 0 fully saturated rings. The average Bonchev–Trinajstić information content (AvgIpc) is 3.41. The third-order valence-electron chi connectivity index (χ3n) is 10.2. The number of unbranched alkanes of at least 4 members (excludes halogenated alkanes) is 2. The van der Waals surface area contributed by atoms with Gasteiger partial charge in [-0.1, -0.05) is 61.9 Å². The van der Waals surface area contributed by atoms with E-state index in [9.17, 15) is 27.9 Å². The summed E-state index contributed by atoms with van der Waals surface area (Å²) in [5, 5.41) is 20.1. The fourth-order valence-electron chi connectivity index (χ4n) is 7.39. The lowest BCUT2D eigenvalue weighted by atomic mass is 9.81. The van der Waals surface area contributed by atoms with Crippen molar-refractivity contribution in [2.45, 2.75) is 88.9 Å². The van der Waals surface area contributed by atoms with Crippen LogP contribution in [0.5, 0.6) is 0 Å². The van der Waals surface area contributed by atoms with E-state index in [2.05, 4.69) is 54.5 Å². The van der Waals surface area contributed by atoms with Gasteiger partial charge >= 0.3 is 5.97 Å². The van der Waals surface area contributed by atoms with Crippen molar-refractivity contribution in [1.29, 1.82) is 0 Å². The van der Waals surface area contributed by atoms with Crippen LogP contribution in [-0.4, -0.2) is 52.3 Å². The van der Waals surface area contributed by atoms with Crippen LogP contribution < -0.4 is 4.90 Å². The van der Waals surface area contributed by atoms with Gasteiger partial charge in [0, 0.05) is 66.0 Å². The van der Waals surface area contributed by atoms with Crippen molar-refractivity contribution >= 4 is 38.9 Å². The van der Waals surface area contributed by atoms with Crippen LogP contribution in [0.15, 0.2) is 102 Å². The Kier molecular flexibility index (Phi) is 11.4. The highest BCUT2D eigenvalue weighted by Gasteiger charge is 2.45. The lowest BCUT2D eigenvalue weighted by Gasteiger charge is -2.27. The number of carboxylic acid groups (broad SMARTS) is 1. The first kappa shape index (κ1) is 38.4. The summed E-state index contributed by atoms with van der Waals surface area (Å²) < 4.78 is 35.9. The van der Waals surface area contributed by atoms with E-state index in [1.807, 2.05) is 50.3 Å². The highest BCUT2D eigenvalue weighted by Crippen LogP contribution is 2.48. The number of rotatable bonds is 15. The fourth-order valence-corrected chi connectivity index (χ4v) is 7.90. The number of nitro benzene ring substituents is 1. The van der Waals surface area contributed by atoms with Crippen LogP contribution >= 0.6 is 0 Å². The molecule has 0 saturated heterocycles. The van der Waals surface area contributed by atoms with Crippen molar-refractivity contribution in [2.75, 3.05) is 18.0 Å². The number of aliphatic carboxylic acids is 1. The van der Waals surface area contributed by atoms with Crippen molar-refractivity contribution in [2.24, 2.45) is 0 Å². The Labute approximate surface area is 306 Å². The molecule has 10 nitrogen and oxygen atoms in total. The molecular weight excluding hydrogens is 679 g/mol. The second kappa shape index (κ2) is 15.4. The average molecular weight is 727 g/mol. The highest BCUT2D eigenvalue weighted by atomic mass is 32.2. The Morgan fingerprint density at radius 2 is 1.63 bits per heavy atom. The van der Waals surface area contributed by atoms with Crippen molar-refractivity contribution in [1.82, 2.24) is 0 Å². The minimum Gasteiger partial charge on any atom is -0.481 e. The van der Waals surface area contributed by atoms with E-state index in [1.165, 1.54) is 28.6 Å². The van der Waals surface area contributed by atoms with Gasteiger partial charge in [-0.25, -0.2) is 0 Å². The molecule has 2 aliphatic heterocycles. The summed E-state index contributed by atoms with van der Waals surface area (Å²) in [6.45, 7) is 12.1. The number of nitrogens with zero attached hydrogens (tertiary/aromatic N) is 3. The molecule has 5 rings (SSSR count). The number of carbonyl (C=O) groups is 1. The van der Waals surface area contributed by atoms with Gasteiger partial charge in [-0.15, -0.1) is 0 Å². The van der Waals surface area contributed by atoms with Gasteiger partial charge in [0.25, 0.3) is 15.8 Å². The molecule has 0 spiro atoms. The van der Waals surface area contributed by atoms with Gasteiger partial charge in [-0.2, -0.15) is 13.0 Å². The summed E-state index contributed by atoms with van der Waals surface area (Å²) >= 11 is 0. The van der Waals surface area contributed by atoms with E-state index >= 15 is 0 Å². The minimum absolute atomic E-state index is 0.0896. The van der Waals surface area contributed by atoms with Gasteiger partial charge in [-0.05, 0) is 81.9 Å². The third kappa shape index (κ3) is 8.26. The first-order valence-electron chi connectivity index (χ1n) is 17.7. The van der Waals surface area contributed by atoms with E-state index in [0.29, 0.717) is 13.0 Å². The molecule has 0 atom stereocenters. The van der Waals surface area contributed by atoms with E-state index in [4.69, 9.17) is 5.11 Å². The van der Waals surface area contributed by atoms with E-state index in [0.717, 1.165) is 54.8 Å². The number of hydrogen-bond acceptors (Lipinski definition) is 6. The predicted octanol–water partition coefficient (Wildman–Crippen LogP) is 8.60. The van der Waals surface area contributed by atoms with Crippen molar-refractivity contribution in [3.8, 4) is 0 Å². The number of aryl methyl sites for hydroxylation is 2. The van der Waals surface area contributed by atoms with Gasteiger partial charge in [0.05, 0.1) is 15.2 Å². The largest absolute Gasteiger partial charge is 0.481 e. The number of carboxylic acids is 1. The number of nitro groups is 1. The van der Waals surface area contributed by atoms with Crippen LogP contribution in [0.4, 0.5) is 17.1 Å². The van der Waals surface area contributed by atoms with E-state index in [-0.39, 0.29) is 27.3 Å². The molecular formula is C41H48N3O7S+. The predicted molar refractivity (Wildman–Crippen MR) is 205 cm³/mol. The van der Waals surface area contributed by atoms with Crippen LogP contribution in [-0.2, 0) is 32.2 Å². The molecule has 274 valence electrons. The Morgan fingerprint density at radius 1 is 0.904 bits per heavy atom. The molecule has 52 heavy (non-hydrogen) atoms. The Bertz CT molecular complexity index is 2090. The summed E-state index contributed by atoms with van der Waals surface area (Å²) in [7, 11) is -4.38. The first-order chi connectivity index (χ1) is 24.5. The monoisotopic (exact) mass is 726 g/mol. The van der Waals surface area contributed by atoms with Gasteiger partial charge in [0.2, 0.25) is 5.69 Å². The second-order valence-electron chi connectivity index (χ2n) is 14.6. The molecule has 0 aliphatic carbocycles. The Hall–Kier alpha value is -4.87. The van der Waals surface area contributed by atoms with Crippen LogP contribution in [0, 0.1) is 17.0 Å². The molecule has 0 unspecified atom stereocenters. The maximum atomic E-state index is 12.0. The third-order valence-corrected chi connectivity index (χ3v) is 11.1.